The van der Waals surface area contributed by atoms with Gasteiger partial charge in [0, 0.05) is 5.56 Å². The molecule has 1 aliphatic carbocycles. The average Bonchev–Trinajstić information content (AvgIpc) is 3.16. The molecule has 0 amide bonds. The molecule has 0 N–H and O–H groups in total. The average molecular weight is 301 g/mol. The molecule has 2 rings (SSSR count). The number of aliphatic imine (C=N–C) groups is 1. The molecule has 0 radical (unpaired) electrons. The zero-order valence-electron chi connectivity index (χ0n) is 14.6. The van der Waals surface area contributed by atoms with Crippen LogP contribution in [0.15, 0.2) is 23.2 Å². The summed E-state index contributed by atoms with van der Waals surface area (Å²) >= 11 is 0. The molecule has 1 aromatic carbocycles. The van der Waals surface area contributed by atoms with Crippen molar-refractivity contribution in [3.05, 3.63) is 29.3 Å². The molecule has 0 aliphatic heterocycles. The Hall–Kier alpha value is -1.60. The Kier molecular flexibility index (Phi) is 4.23. The fourth-order valence-corrected chi connectivity index (χ4v) is 3.57. The Balaban J connectivity index is 2.46. The van der Waals surface area contributed by atoms with E-state index in [1.54, 1.807) is 13.2 Å². The highest BCUT2D eigenvalue weighted by molar-refractivity contribution is 5.49. The number of nitrogens with zero attached hydrogens (tertiary/aromatic N) is 1. The van der Waals surface area contributed by atoms with Gasteiger partial charge in [0.15, 0.2) is 0 Å². The van der Waals surface area contributed by atoms with E-state index in [0.717, 1.165) is 30.6 Å². The van der Waals surface area contributed by atoms with Crippen molar-refractivity contribution in [3.8, 4) is 5.75 Å². The summed E-state index contributed by atoms with van der Waals surface area (Å²) < 4.78 is 5.50. The second-order valence-corrected chi connectivity index (χ2v) is 8.27. The van der Waals surface area contributed by atoms with Crippen LogP contribution in [0, 0.1) is 5.41 Å². The van der Waals surface area contributed by atoms with Gasteiger partial charge in [0.2, 0.25) is 6.08 Å². The number of hydrogen-bond donors (Lipinski definition) is 0. The van der Waals surface area contributed by atoms with Gasteiger partial charge in [0.1, 0.15) is 11.3 Å². The SMILES string of the molecule is COc1ccc(C(C)(C)CC(C)(C)C)cc1C1(N=C=O)CC1. The molecule has 22 heavy (non-hydrogen) atoms. The number of carbonyl (C=O) groups excluding carboxylic acids is 1. The van der Waals surface area contributed by atoms with Crippen molar-refractivity contribution in [3.63, 3.8) is 0 Å². The zero-order valence-corrected chi connectivity index (χ0v) is 14.6. The standard InChI is InChI=1S/C19H27NO2/c1-17(2,3)12-18(4,5)14-7-8-16(22-6)15(11-14)19(9-10-19)20-13-21/h7-8,11H,9-10,12H2,1-6H3. The molecule has 0 spiro atoms. The molecule has 1 aromatic rings. The Morgan fingerprint density at radius 3 is 2.32 bits per heavy atom. The summed E-state index contributed by atoms with van der Waals surface area (Å²) in [6, 6.07) is 6.32. The first kappa shape index (κ1) is 16.8. The van der Waals surface area contributed by atoms with E-state index in [4.69, 9.17) is 4.74 Å². The minimum Gasteiger partial charge on any atom is -0.496 e. The van der Waals surface area contributed by atoms with Crippen LogP contribution in [0.1, 0.15) is 65.0 Å². The van der Waals surface area contributed by atoms with E-state index in [2.05, 4.69) is 51.7 Å². The first-order valence-electron chi connectivity index (χ1n) is 7.92. The van der Waals surface area contributed by atoms with Gasteiger partial charge >= 0.3 is 0 Å². The van der Waals surface area contributed by atoms with Crippen LogP contribution in [-0.2, 0) is 15.7 Å². The first-order valence-corrected chi connectivity index (χ1v) is 7.92. The maximum absolute atomic E-state index is 10.8. The molecule has 0 aromatic heterocycles. The van der Waals surface area contributed by atoms with Crippen LogP contribution < -0.4 is 4.74 Å². The van der Waals surface area contributed by atoms with Crippen LogP contribution in [0.3, 0.4) is 0 Å². The highest BCUT2D eigenvalue weighted by atomic mass is 16.5. The largest absolute Gasteiger partial charge is 0.496 e. The molecule has 1 saturated carbocycles. The van der Waals surface area contributed by atoms with Crippen LogP contribution in [0.5, 0.6) is 5.75 Å². The molecule has 1 aliphatic rings. The third-order valence-electron chi connectivity index (χ3n) is 4.44. The Morgan fingerprint density at radius 2 is 1.86 bits per heavy atom. The molecule has 120 valence electrons. The lowest BCUT2D eigenvalue weighted by Gasteiger charge is -2.33. The number of benzene rings is 1. The van der Waals surface area contributed by atoms with E-state index in [1.807, 2.05) is 6.07 Å². The molecule has 0 heterocycles. The highest BCUT2D eigenvalue weighted by Gasteiger charge is 2.47. The summed E-state index contributed by atoms with van der Waals surface area (Å²) in [6.45, 7) is 11.3. The van der Waals surface area contributed by atoms with E-state index < -0.39 is 5.54 Å². The quantitative estimate of drug-likeness (QED) is 0.582. The maximum Gasteiger partial charge on any atom is 0.235 e. The van der Waals surface area contributed by atoms with E-state index in [1.165, 1.54) is 5.56 Å². The Labute approximate surface area is 133 Å². The van der Waals surface area contributed by atoms with Crippen molar-refractivity contribution in [2.75, 3.05) is 7.11 Å². The monoisotopic (exact) mass is 301 g/mol. The fraction of sp³-hybridized carbons (Fsp3) is 0.632. The topological polar surface area (TPSA) is 38.7 Å². The predicted molar refractivity (Wildman–Crippen MR) is 89.1 cm³/mol. The minimum absolute atomic E-state index is 0.0558. The van der Waals surface area contributed by atoms with Crippen LogP contribution in [0.2, 0.25) is 0 Å². The predicted octanol–water partition coefficient (Wildman–Crippen LogP) is 4.73. The molecule has 0 saturated heterocycles. The van der Waals surface area contributed by atoms with Crippen molar-refractivity contribution in [1.29, 1.82) is 0 Å². The lowest BCUT2D eigenvalue weighted by molar-refractivity contribution is 0.283. The van der Waals surface area contributed by atoms with Gasteiger partial charge in [-0.05, 0) is 47.8 Å². The lowest BCUT2D eigenvalue weighted by Crippen LogP contribution is -2.25. The van der Waals surface area contributed by atoms with Crippen molar-refractivity contribution in [2.45, 2.75) is 64.8 Å². The summed E-state index contributed by atoms with van der Waals surface area (Å²) in [7, 11) is 1.67. The smallest absolute Gasteiger partial charge is 0.235 e. The van der Waals surface area contributed by atoms with Gasteiger partial charge in [-0.2, -0.15) is 4.99 Å². The van der Waals surface area contributed by atoms with Gasteiger partial charge in [-0.3, -0.25) is 0 Å². The number of ether oxygens (including phenoxy) is 1. The number of rotatable bonds is 5. The molecule has 0 atom stereocenters. The van der Waals surface area contributed by atoms with Gasteiger partial charge in [0.05, 0.1) is 7.11 Å². The summed E-state index contributed by atoms with van der Waals surface area (Å²) in [5.41, 5.74) is 2.20. The second-order valence-electron chi connectivity index (χ2n) is 8.27. The molecule has 3 heteroatoms. The minimum atomic E-state index is -0.402. The van der Waals surface area contributed by atoms with Crippen LogP contribution in [-0.4, -0.2) is 13.2 Å². The van der Waals surface area contributed by atoms with Crippen molar-refractivity contribution >= 4 is 6.08 Å². The summed E-state index contributed by atoms with van der Waals surface area (Å²) in [4.78, 5) is 14.8. The first-order chi connectivity index (χ1) is 10.1. The van der Waals surface area contributed by atoms with E-state index in [9.17, 15) is 4.79 Å². The van der Waals surface area contributed by atoms with Gasteiger partial charge in [-0.15, -0.1) is 0 Å². The summed E-state index contributed by atoms with van der Waals surface area (Å²) in [5, 5.41) is 0. The normalized spacial score (nSPS) is 16.8. The van der Waals surface area contributed by atoms with Crippen LogP contribution in [0.4, 0.5) is 0 Å². The summed E-state index contributed by atoms with van der Waals surface area (Å²) in [5.74, 6) is 0.812. The molecule has 1 fully saturated rings. The highest BCUT2D eigenvalue weighted by Crippen LogP contribution is 2.53. The molecule has 3 nitrogen and oxygen atoms in total. The van der Waals surface area contributed by atoms with Crippen molar-refractivity contribution in [1.82, 2.24) is 0 Å². The number of methoxy groups -OCH3 is 1. The van der Waals surface area contributed by atoms with Crippen molar-refractivity contribution in [2.24, 2.45) is 10.4 Å². The van der Waals surface area contributed by atoms with E-state index >= 15 is 0 Å². The third-order valence-corrected chi connectivity index (χ3v) is 4.44. The lowest BCUT2D eigenvalue weighted by atomic mass is 9.72. The zero-order chi connectivity index (χ0) is 16.6. The fourth-order valence-electron chi connectivity index (χ4n) is 3.57. The molecular weight excluding hydrogens is 274 g/mol. The van der Waals surface area contributed by atoms with E-state index in [0.29, 0.717) is 0 Å². The summed E-state index contributed by atoms with van der Waals surface area (Å²) in [6.07, 6.45) is 4.60. The number of isocyanates is 1. The number of hydrogen-bond acceptors (Lipinski definition) is 3. The Morgan fingerprint density at radius 1 is 1.23 bits per heavy atom. The van der Waals surface area contributed by atoms with Crippen molar-refractivity contribution < 1.29 is 9.53 Å². The second kappa shape index (κ2) is 5.55. The molecule has 0 unspecified atom stereocenters. The van der Waals surface area contributed by atoms with E-state index in [-0.39, 0.29) is 10.8 Å². The van der Waals surface area contributed by atoms with Gasteiger partial charge < -0.3 is 4.74 Å². The van der Waals surface area contributed by atoms with Gasteiger partial charge in [-0.25, -0.2) is 4.79 Å². The molecule has 0 bridgehead atoms. The van der Waals surface area contributed by atoms with Crippen LogP contribution in [0.25, 0.3) is 0 Å². The van der Waals surface area contributed by atoms with Crippen LogP contribution >= 0.6 is 0 Å². The Bertz CT molecular complexity index is 600. The third kappa shape index (κ3) is 3.41. The maximum atomic E-state index is 10.8. The molecular formula is C19H27NO2. The van der Waals surface area contributed by atoms with Gasteiger partial charge in [0.25, 0.3) is 0 Å². The van der Waals surface area contributed by atoms with Gasteiger partial charge in [-0.1, -0.05) is 40.7 Å².